The Labute approximate surface area is 187 Å². The van der Waals surface area contributed by atoms with E-state index >= 15 is 0 Å². The number of benzene rings is 1. The lowest BCUT2D eigenvalue weighted by Gasteiger charge is -2.59. The summed E-state index contributed by atoms with van der Waals surface area (Å²) >= 11 is 0. The number of allylic oxidation sites excluding steroid dienone is 1. The monoisotopic (exact) mass is 421 g/mol. The zero-order chi connectivity index (χ0) is 22.0. The van der Waals surface area contributed by atoms with Crippen LogP contribution in [0.15, 0.2) is 29.8 Å². The molecule has 7 atom stereocenters. The van der Waals surface area contributed by atoms with Gasteiger partial charge in [0, 0.05) is 25.2 Å². The molecule has 1 N–H and O–H groups in total. The molecule has 4 saturated carbocycles. The van der Waals surface area contributed by atoms with Crippen molar-refractivity contribution >= 4 is 17.5 Å². The molecule has 0 aliphatic heterocycles. The van der Waals surface area contributed by atoms with Crippen LogP contribution in [0.4, 0.5) is 5.69 Å². The topological polar surface area (TPSA) is 40.5 Å². The molecule has 0 radical (unpaired) electrons. The summed E-state index contributed by atoms with van der Waals surface area (Å²) in [7, 11) is 4.11. The van der Waals surface area contributed by atoms with Crippen LogP contribution in [0.5, 0.6) is 0 Å². The third kappa shape index (κ3) is 3.30. The van der Waals surface area contributed by atoms with Crippen LogP contribution in [-0.4, -0.2) is 31.1 Å². The van der Waals surface area contributed by atoms with E-state index < -0.39 is 0 Å². The minimum absolute atomic E-state index is 0.0926. The zero-order valence-corrected chi connectivity index (χ0v) is 19.7. The second-order valence-corrected chi connectivity index (χ2v) is 11.7. The number of ketones is 1. The van der Waals surface area contributed by atoms with E-state index in [1.165, 1.54) is 24.9 Å². The molecule has 0 spiro atoms. The van der Waals surface area contributed by atoms with Crippen molar-refractivity contribution in [1.82, 2.24) is 0 Å². The van der Waals surface area contributed by atoms with Gasteiger partial charge in [0.1, 0.15) is 0 Å². The number of hydrogen-bond acceptors (Lipinski definition) is 3. The van der Waals surface area contributed by atoms with E-state index in [1.807, 2.05) is 0 Å². The Kier molecular flexibility index (Phi) is 5.12. The average molecular weight is 422 g/mol. The first-order valence-corrected chi connectivity index (χ1v) is 12.4. The minimum Gasteiger partial charge on any atom is -0.393 e. The van der Waals surface area contributed by atoms with Crippen molar-refractivity contribution in [3.8, 4) is 0 Å². The lowest BCUT2D eigenvalue weighted by molar-refractivity contribution is -0.141. The summed E-state index contributed by atoms with van der Waals surface area (Å²) in [5.74, 6) is 2.98. The summed E-state index contributed by atoms with van der Waals surface area (Å²) in [6, 6.07) is 8.55. The maximum Gasteiger partial charge on any atom is 0.165 e. The number of fused-ring (bicyclic) bond motifs is 5. The molecule has 0 unspecified atom stereocenters. The number of hydrogen-bond donors (Lipinski definition) is 1. The molecule has 0 saturated heterocycles. The van der Waals surface area contributed by atoms with Crippen molar-refractivity contribution in [2.75, 3.05) is 19.0 Å². The van der Waals surface area contributed by atoms with Crippen LogP contribution in [0.1, 0.15) is 70.8 Å². The van der Waals surface area contributed by atoms with Crippen LogP contribution in [0.2, 0.25) is 0 Å². The number of carbonyl (C=O) groups excluding carboxylic acids is 1. The lowest BCUT2D eigenvalue weighted by Crippen LogP contribution is -2.54. The van der Waals surface area contributed by atoms with Crippen molar-refractivity contribution in [3.63, 3.8) is 0 Å². The maximum absolute atomic E-state index is 13.6. The van der Waals surface area contributed by atoms with Gasteiger partial charge in [-0.25, -0.2) is 0 Å². The SMILES string of the molecule is CN(C)c1ccc(/C=C2/C[C@@H]3[C@H]4CC[C@H]5C[C@@H](O)CC[C@]5(C)[C@@H]4CC[C@]3(C)C2=O)cc1. The van der Waals surface area contributed by atoms with Gasteiger partial charge in [-0.1, -0.05) is 26.0 Å². The summed E-state index contributed by atoms with van der Waals surface area (Å²) in [5, 5.41) is 10.3. The van der Waals surface area contributed by atoms with Crippen molar-refractivity contribution in [2.45, 2.75) is 71.3 Å². The van der Waals surface area contributed by atoms with Crippen molar-refractivity contribution < 1.29 is 9.90 Å². The molecule has 0 aromatic heterocycles. The van der Waals surface area contributed by atoms with Gasteiger partial charge in [-0.15, -0.1) is 0 Å². The van der Waals surface area contributed by atoms with E-state index in [1.54, 1.807) is 0 Å². The van der Waals surface area contributed by atoms with Crippen LogP contribution in [0.3, 0.4) is 0 Å². The molecular formula is C28H39NO2. The molecule has 4 aliphatic carbocycles. The van der Waals surface area contributed by atoms with Gasteiger partial charge in [-0.05, 0) is 110 Å². The number of anilines is 1. The quantitative estimate of drug-likeness (QED) is 0.621. The van der Waals surface area contributed by atoms with Gasteiger partial charge in [-0.3, -0.25) is 4.79 Å². The first-order valence-electron chi connectivity index (χ1n) is 12.4. The Hall–Kier alpha value is -1.61. The van der Waals surface area contributed by atoms with Gasteiger partial charge in [0.15, 0.2) is 5.78 Å². The Morgan fingerprint density at radius 2 is 1.74 bits per heavy atom. The first-order chi connectivity index (χ1) is 14.7. The number of rotatable bonds is 2. The molecule has 1 aromatic carbocycles. The molecule has 31 heavy (non-hydrogen) atoms. The number of nitrogens with zero attached hydrogens (tertiary/aromatic N) is 1. The Morgan fingerprint density at radius 3 is 2.45 bits per heavy atom. The van der Waals surface area contributed by atoms with Crippen LogP contribution in [0, 0.1) is 34.5 Å². The summed E-state index contributed by atoms with van der Waals surface area (Å²) in [5.41, 5.74) is 3.57. The van der Waals surface area contributed by atoms with Crippen molar-refractivity contribution in [3.05, 3.63) is 35.4 Å². The fourth-order valence-corrected chi connectivity index (χ4v) is 8.10. The van der Waals surface area contributed by atoms with Crippen LogP contribution in [-0.2, 0) is 4.79 Å². The van der Waals surface area contributed by atoms with E-state index in [9.17, 15) is 9.90 Å². The minimum atomic E-state index is -0.173. The highest BCUT2D eigenvalue weighted by molar-refractivity contribution is 6.06. The highest BCUT2D eigenvalue weighted by Gasteiger charge is 2.61. The van der Waals surface area contributed by atoms with Gasteiger partial charge in [0.2, 0.25) is 0 Å². The third-order valence-electron chi connectivity index (χ3n) is 10.0. The Balaban J connectivity index is 1.41. The predicted molar refractivity (Wildman–Crippen MR) is 127 cm³/mol. The predicted octanol–water partition coefficient (Wildman–Crippen LogP) is 5.72. The van der Waals surface area contributed by atoms with E-state index in [0.717, 1.165) is 49.2 Å². The fourth-order valence-electron chi connectivity index (χ4n) is 8.10. The van der Waals surface area contributed by atoms with Crippen molar-refractivity contribution in [1.29, 1.82) is 0 Å². The van der Waals surface area contributed by atoms with Crippen molar-refractivity contribution in [2.24, 2.45) is 34.5 Å². The fraction of sp³-hybridized carbons (Fsp3) is 0.679. The molecule has 168 valence electrons. The van der Waals surface area contributed by atoms with Crippen LogP contribution >= 0.6 is 0 Å². The first kappa shape index (κ1) is 21.2. The van der Waals surface area contributed by atoms with Gasteiger partial charge in [0.25, 0.3) is 0 Å². The highest BCUT2D eigenvalue weighted by atomic mass is 16.3. The van der Waals surface area contributed by atoms with Gasteiger partial charge in [0.05, 0.1) is 6.10 Å². The summed E-state index contributed by atoms with van der Waals surface area (Å²) in [6.07, 6.45) is 10.9. The molecule has 0 bridgehead atoms. The largest absolute Gasteiger partial charge is 0.393 e. The molecular weight excluding hydrogens is 382 g/mol. The maximum atomic E-state index is 13.6. The van der Waals surface area contributed by atoms with Crippen LogP contribution in [0.25, 0.3) is 6.08 Å². The van der Waals surface area contributed by atoms with Gasteiger partial charge < -0.3 is 10.0 Å². The lowest BCUT2D eigenvalue weighted by atomic mass is 9.45. The number of Topliss-reactive ketones (excluding diaryl/α,β-unsaturated/α-hetero) is 1. The molecule has 5 rings (SSSR count). The van der Waals surface area contributed by atoms with E-state index in [-0.39, 0.29) is 11.5 Å². The Morgan fingerprint density at radius 1 is 1.00 bits per heavy atom. The normalized spacial score (nSPS) is 43.3. The van der Waals surface area contributed by atoms with Crippen LogP contribution < -0.4 is 4.90 Å². The van der Waals surface area contributed by atoms with E-state index in [0.29, 0.717) is 29.0 Å². The second-order valence-electron chi connectivity index (χ2n) is 11.7. The van der Waals surface area contributed by atoms with Gasteiger partial charge >= 0.3 is 0 Å². The molecule has 4 aliphatic rings. The average Bonchev–Trinajstić information content (AvgIpc) is 2.99. The zero-order valence-electron chi connectivity index (χ0n) is 19.7. The third-order valence-corrected chi connectivity index (χ3v) is 10.0. The standard InChI is InChI=1S/C28H39NO2/c1-27-13-11-22(30)17-20(27)7-10-23-24(27)12-14-28(2)25(23)16-19(26(28)31)15-18-5-8-21(9-6-18)29(3)4/h5-6,8-9,15,20,22-25,30H,7,10-14,16-17H2,1-4H3/b19-15-/t20-,22-,23-,24+,25+,27-,28-/m0/s1. The van der Waals surface area contributed by atoms with E-state index in [4.69, 9.17) is 0 Å². The summed E-state index contributed by atoms with van der Waals surface area (Å²) in [6.45, 7) is 4.79. The Bertz CT molecular complexity index is 887. The summed E-state index contributed by atoms with van der Waals surface area (Å²) < 4.78 is 0. The van der Waals surface area contributed by atoms with E-state index in [2.05, 4.69) is 63.2 Å². The number of carbonyl (C=O) groups is 1. The number of aliphatic hydroxyl groups is 1. The molecule has 0 heterocycles. The molecule has 3 heteroatoms. The van der Waals surface area contributed by atoms with Gasteiger partial charge in [-0.2, -0.15) is 0 Å². The molecule has 0 amide bonds. The highest BCUT2D eigenvalue weighted by Crippen LogP contribution is 2.66. The molecule has 1 aromatic rings. The smallest absolute Gasteiger partial charge is 0.165 e. The molecule has 3 nitrogen and oxygen atoms in total. The molecule has 4 fully saturated rings. The number of aliphatic hydroxyl groups excluding tert-OH is 1. The summed E-state index contributed by atoms with van der Waals surface area (Å²) in [4.78, 5) is 15.7. The second kappa shape index (κ2) is 7.47.